The van der Waals surface area contributed by atoms with Crippen molar-refractivity contribution < 1.29 is 4.79 Å². The van der Waals surface area contributed by atoms with E-state index in [0.29, 0.717) is 5.92 Å². The first-order valence-electron chi connectivity index (χ1n) is 6.82. The smallest absolute Gasteiger partial charge is 0.219 e. The second kappa shape index (κ2) is 5.00. The first-order chi connectivity index (χ1) is 9.24. The molecule has 1 saturated heterocycles. The molecule has 2 heterocycles. The molecule has 0 bridgehead atoms. The van der Waals surface area contributed by atoms with E-state index in [2.05, 4.69) is 29.2 Å². The lowest BCUT2D eigenvalue weighted by Gasteiger charge is -2.14. The van der Waals surface area contributed by atoms with Crippen LogP contribution in [0.1, 0.15) is 18.9 Å². The molecule has 1 aromatic carbocycles. The van der Waals surface area contributed by atoms with Gasteiger partial charge in [0.1, 0.15) is 0 Å². The number of hydrogen-bond donors (Lipinski definition) is 0. The van der Waals surface area contributed by atoms with E-state index in [1.54, 1.807) is 6.92 Å². The fourth-order valence-corrected chi connectivity index (χ4v) is 2.93. The first kappa shape index (κ1) is 12.2. The van der Waals surface area contributed by atoms with E-state index in [4.69, 9.17) is 0 Å². The minimum absolute atomic E-state index is 0.193. The number of pyridine rings is 1. The summed E-state index contributed by atoms with van der Waals surface area (Å²) in [4.78, 5) is 17.8. The molecule has 19 heavy (non-hydrogen) atoms. The lowest BCUT2D eigenvalue weighted by molar-refractivity contribution is -0.127. The normalized spacial score (nSPS) is 19.0. The van der Waals surface area contributed by atoms with Gasteiger partial charge in [0, 0.05) is 31.6 Å². The third-order valence-corrected chi connectivity index (χ3v) is 3.96. The fraction of sp³-hybridized carbons (Fsp3) is 0.375. The summed E-state index contributed by atoms with van der Waals surface area (Å²) in [6.45, 7) is 3.44. The molecule has 0 aliphatic carbocycles. The van der Waals surface area contributed by atoms with E-state index >= 15 is 0 Å². The summed E-state index contributed by atoms with van der Waals surface area (Å²) >= 11 is 0. The maximum Gasteiger partial charge on any atom is 0.219 e. The number of benzene rings is 1. The Hall–Kier alpha value is -1.90. The molecule has 3 rings (SSSR count). The molecule has 0 N–H and O–H groups in total. The SMILES string of the molecule is CC(=O)N1CC[C@H](Cc2cccc3cccnc23)C1. The van der Waals surface area contributed by atoms with Gasteiger partial charge < -0.3 is 4.90 Å². The van der Waals surface area contributed by atoms with Crippen molar-refractivity contribution in [3.63, 3.8) is 0 Å². The average molecular weight is 254 g/mol. The van der Waals surface area contributed by atoms with E-state index in [0.717, 1.165) is 31.4 Å². The maximum atomic E-state index is 11.4. The van der Waals surface area contributed by atoms with E-state index in [1.807, 2.05) is 17.2 Å². The predicted octanol–water partition coefficient (Wildman–Crippen LogP) is 2.65. The van der Waals surface area contributed by atoms with Gasteiger partial charge >= 0.3 is 0 Å². The third-order valence-electron chi connectivity index (χ3n) is 3.96. The molecule has 3 nitrogen and oxygen atoms in total. The second-order valence-electron chi connectivity index (χ2n) is 5.32. The standard InChI is InChI=1S/C16H18N2O/c1-12(19)18-9-7-13(11-18)10-15-5-2-4-14-6-3-8-17-16(14)15/h2-6,8,13H,7,9-11H2,1H3/t13-/m1/s1. The highest BCUT2D eigenvalue weighted by Gasteiger charge is 2.24. The Kier molecular flexibility index (Phi) is 3.20. The number of amides is 1. The average Bonchev–Trinajstić information content (AvgIpc) is 2.88. The van der Waals surface area contributed by atoms with Crippen molar-refractivity contribution in [1.29, 1.82) is 0 Å². The van der Waals surface area contributed by atoms with Gasteiger partial charge in [-0.2, -0.15) is 0 Å². The van der Waals surface area contributed by atoms with Crippen LogP contribution in [0, 0.1) is 5.92 Å². The van der Waals surface area contributed by atoms with Crippen molar-refractivity contribution in [2.45, 2.75) is 19.8 Å². The Morgan fingerprint density at radius 2 is 2.21 bits per heavy atom. The van der Waals surface area contributed by atoms with Crippen molar-refractivity contribution in [3.8, 4) is 0 Å². The van der Waals surface area contributed by atoms with Crippen LogP contribution in [0.5, 0.6) is 0 Å². The Bertz CT molecular complexity index is 603. The van der Waals surface area contributed by atoms with Gasteiger partial charge in [0.2, 0.25) is 5.91 Å². The Morgan fingerprint density at radius 1 is 1.37 bits per heavy atom. The van der Waals surface area contributed by atoms with Gasteiger partial charge in [-0.25, -0.2) is 0 Å². The van der Waals surface area contributed by atoms with Gasteiger partial charge in [0.05, 0.1) is 5.52 Å². The summed E-state index contributed by atoms with van der Waals surface area (Å²) in [6.07, 6.45) is 3.96. The molecule has 3 heteroatoms. The zero-order valence-corrected chi connectivity index (χ0v) is 11.2. The number of para-hydroxylation sites is 1. The van der Waals surface area contributed by atoms with Gasteiger partial charge in [-0.05, 0) is 30.4 Å². The third kappa shape index (κ3) is 2.46. The molecule has 0 saturated carbocycles. The number of fused-ring (bicyclic) bond motifs is 1. The summed E-state index contributed by atoms with van der Waals surface area (Å²) < 4.78 is 0. The zero-order chi connectivity index (χ0) is 13.2. The molecule has 98 valence electrons. The highest BCUT2D eigenvalue weighted by atomic mass is 16.2. The minimum Gasteiger partial charge on any atom is -0.343 e. The Morgan fingerprint density at radius 3 is 3.00 bits per heavy atom. The summed E-state index contributed by atoms with van der Waals surface area (Å²) in [5.41, 5.74) is 2.40. The molecular formula is C16H18N2O. The predicted molar refractivity (Wildman–Crippen MR) is 75.8 cm³/mol. The monoisotopic (exact) mass is 254 g/mol. The van der Waals surface area contributed by atoms with E-state index < -0.39 is 0 Å². The molecule has 1 aliphatic rings. The molecule has 1 fully saturated rings. The molecule has 2 aromatic rings. The van der Waals surface area contributed by atoms with Crippen molar-refractivity contribution >= 4 is 16.8 Å². The van der Waals surface area contributed by atoms with Crippen LogP contribution in [-0.2, 0) is 11.2 Å². The second-order valence-corrected chi connectivity index (χ2v) is 5.32. The summed E-state index contributed by atoms with van der Waals surface area (Å²) in [6, 6.07) is 10.4. The molecule has 1 aliphatic heterocycles. The van der Waals surface area contributed by atoms with Crippen LogP contribution in [0.4, 0.5) is 0 Å². The van der Waals surface area contributed by atoms with Gasteiger partial charge in [-0.1, -0.05) is 24.3 Å². The van der Waals surface area contributed by atoms with Gasteiger partial charge in [-0.15, -0.1) is 0 Å². The Labute approximate surface area is 113 Å². The maximum absolute atomic E-state index is 11.4. The van der Waals surface area contributed by atoms with Gasteiger partial charge in [0.25, 0.3) is 0 Å². The molecule has 0 unspecified atom stereocenters. The molecule has 0 radical (unpaired) electrons. The van der Waals surface area contributed by atoms with Crippen LogP contribution in [0.3, 0.4) is 0 Å². The van der Waals surface area contributed by atoms with Crippen LogP contribution >= 0.6 is 0 Å². The molecule has 0 spiro atoms. The number of likely N-dealkylation sites (tertiary alicyclic amines) is 1. The van der Waals surface area contributed by atoms with Crippen LogP contribution in [0.25, 0.3) is 10.9 Å². The van der Waals surface area contributed by atoms with Crippen molar-refractivity contribution in [2.24, 2.45) is 5.92 Å². The largest absolute Gasteiger partial charge is 0.343 e. The highest BCUT2D eigenvalue weighted by Crippen LogP contribution is 2.24. The molecule has 1 aromatic heterocycles. The number of hydrogen-bond acceptors (Lipinski definition) is 2. The van der Waals surface area contributed by atoms with E-state index in [-0.39, 0.29) is 5.91 Å². The van der Waals surface area contributed by atoms with Crippen LogP contribution in [-0.4, -0.2) is 28.9 Å². The molecule has 1 atom stereocenters. The highest BCUT2D eigenvalue weighted by molar-refractivity contribution is 5.81. The number of carbonyl (C=O) groups is 1. The van der Waals surface area contributed by atoms with Crippen LogP contribution < -0.4 is 0 Å². The van der Waals surface area contributed by atoms with E-state index in [1.165, 1.54) is 10.9 Å². The fourth-order valence-electron chi connectivity index (χ4n) is 2.93. The first-order valence-corrected chi connectivity index (χ1v) is 6.82. The Balaban J connectivity index is 1.81. The summed E-state index contributed by atoms with van der Waals surface area (Å²) in [7, 11) is 0. The zero-order valence-electron chi connectivity index (χ0n) is 11.2. The number of nitrogens with zero attached hydrogens (tertiary/aromatic N) is 2. The summed E-state index contributed by atoms with van der Waals surface area (Å²) in [5.74, 6) is 0.759. The summed E-state index contributed by atoms with van der Waals surface area (Å²) in [5, 5.41) is 1.20. The van der Waals surface area contributed by atoms with E-state index in [9.17, 15) is 4.79 Å². The number of aromatic nitrogens is 1. The van der Waals surface area contributed by atoms with Crippen molar-refractivity contribution in [3.05, 3.63) is 42.1 Å². The van der Waals surface area contributed by atoms with Crippen molar-refractivity contribution in [2.75, 3.05) is 13.1 Å². The van der Waals surface area contributed by atoms with Crippen LogP contribution in [0.2, 0.25) is 0 Å². The topological polar surface area (TPSA) is 33.2 Å². The number of rotatable bonds is 2. The van der Waals surface area contributed by atoms with Gasteiger partial charge in [-0.3, -0.25) is 9.78 Å². The lowest BCUT2D eigenvalue weighted by Crippen LogP contribution is -2.26. The van der Waals surface area contributed by atoms with Crippen molar-refractivity contribution in [1.82, 2.24) is 9.88 Å². The molecular weight excluding hydrogens is 236 g/mol. The lowest BCUT2D eigenvalue weighted by atomic mass is 9.97. The minimum atomic E-state index is 0.193. The van der Waals surface area contributed by atoms with Crippen LogP contribution in [0.15, 0.2) is 36.5 Å². The van der Waals surface area contributed by atoms with Gasteiger partial charge in [0.15, 0.2) is 0 Å². The quantitative estimate of drug-likeness (QED) is 0.825. The molecule has 1 amide bonds. The number of carbonyl (C=O) groups excluding carboxylic acids is 1.